The molecule has 2 saturated heterocycles. The Morgan fingerprint density at radius 3 is 2.55 bits per heavy atom. The van der Waals surface area contributed by atoms with Gasteiger partial charge in [-0.25, -0.2) is 4.98 Å². The molecule has 0 amide bonds. The van der Waals surface area contributed by atoms with Gasteiger partial charge in [0.25, 0.3) is 0 Å². The van der Waals surface area contributed by atoms with Crippen LogP contribution in [-0.4, -0.2) is 60.2 Å². The van der Waals surface area contributed by atoms with Crippen molar-refractivity contribution in [3.63, 3.8) is 0 Å². The van der Waals surface area contributed by atoms with Crippen LogP contribution in [0.25, 0.3) is 22.4 Å². The zero-order valence-electron chi connectivity index (χ0n) is 17.3. The van der Waals surface area contributed by atoms with Crippen LogP contribution in [0.15, 0.2) is 48.5 Å². The number of benzene rings is 2. The molecular weight excluding hydrogens is 358 g/mol. The number of nitrogens with one attached hydrogen (secondary N) is 2. The molecule has 5 rings (SSSR count). The molecule has 0 radical (unpaired) electrons. The summed E-state index contributed by atoms with van der Waals surface area (Å²) in [6, 6.07) is 17.7. The summed E-state index contributed by atoms with van der Waals surface area (Å²) in [6.07, 6.45) is 2.64. The van der Waals surface area contributed by atoms with Gasteiger partial charge in [0.2, 0.25) is 0 Å². The largest absolute Gasteiger partial charge is 0.369 e. The van der Waals surface area contributed by atoms with Crippen LogP contribution in [0.5, 0.6) is 0 Å². The van der Waals surface area contributed by atoms with Crippen LogP contribution in [0.3, 0.4) is 0 Å². The van der Waals surface area contributed by atoms with Gasteiger partial charge in [-0.05, 0) is 63.0 Å². The molecule has 0 spiro atoms. The van der Waals surface area contributed by atoms with Gasteiger partial charge in [0, 0.05) is 43.5 Å². The van der Waals surface area contributed by atoms with Crippen molar-refractivity contribution < 1.29 is 0 Å². The minimum atomic E-state index is 0.695. The Labute approximate surface area is 173 Å². The van der Waals surface area contributed by atoms with E-state index in [4.69, 9.17) is 4.98 Å². The SMILES string of the molecule is CC(C1CCNCC1)N1CCN(c2cccc(-c3nc4ccccc4[nH]3)c2)CC1. The number of aromatic amines is 1. The second kappa shape index (κ2) is 8.17. The van der Waals surface area contributed by atoms with Crippen LogP contribution in [0.2, 0.25) is 0 Å². The van der Waals surface area contributed by atoms with E-state index < -0.39 is 0 Å². The van der Waals surface area contributed by atoms with Crippen molar-refractivity contribution in [3.8, 4) is 11.4 Å². The highest BCUT2D eigenvalue weighted by Crippen LogP contribution is 2.27. The van der Waals surface area contributed by atoms with Crippen LogP contribution >= 0.6 is 0 Å². The maximum atomic E-state index is 4.77. The number of fused-ring (bicyclic) bond motifs is 1. The normalized spacial score (nSPS) is 20.2. The number of aromatic nitrogens is 2. The fourth-order valence-electron chi connectivity index (χ4n) is 4.95. The second-order valence-electron chi connectivity index (χ2n) is 8.50. The smallest absolute Gasteiger partial charge is 0.138 e. The summed E-state index contributed by atoms with van der Waals surface area (Å²) in [5.74, 6) is 1.80. The molecule has 1 unspecified atom stereocenters. The van der Waals surface area contributed by atoms with Gasteiger partial charge < -0.3 is 15.2 Å². The molecule has 2 aliphatic heterocycles. The summed E-state index contributed by atoms with van der Waals surface area (Å²) in [5.41, 5.74) is 4.57. The highest BCUT2D eigenvalue weighted by molar-refractivity contribution is 5.79. The predicted octanol–water partition coefficient (Wildman–Crippen LogP) is 3.74. The van der Waals surface area contributed by atoms with Crippen molar-refractivity contribution in [3.05, 3.63) is 48.5 Å². The standard InChI is InChI=1S/C24H31N5/c1-18(19-9-11-25-12-10-19)28-13-15-29(16-14-28)21-6-4-5-20(17-21)24-26-22-7-2-3-8-23(22)27-24/h2-8,17-19,25H,9-16H2,1H3,(H,26,27). The lowest BCUT2D eigenvalue weighted by molar-refractivity contribution is 0.127. The third kappa shape index (κ3) is 3.89. The number of piperazine rings is 1. The third-order valence-electron chi connectivity index (χ3n) is 6.83. The molecular formula is C24H31N5. The summed E-state index contributed by atoms with van der Waals surface area (Å²) < 4.78 is 0. The van der Waals surface area contributed by atoms with Crippen LogP contribution in [0.4, 0.5) is 5.69 Å². The first kappa shape index (κ1) is 18.6. The molecule has 5 heteroatoms. The molecule has 2 fully saturated rings. The minimum Gasteiger partial charge on any atom is -0.369 e. The van der Waals surface area contributed by atoms with E-state index in [2.05, 4.69) is 63.4 Å². The average molecular weight is 390 g/mol. The zero-order valence-corrected chi connectivity index (χ0v) is 17.3. The number of nitrogens with zero attached hydrogens (tertiary/aromatic N) is 3. The molecule has 1 atom stereocenters. The van der Waals surface area contributed by atoms with Crippen molar-refractivity contribution >= 4 is 16.7 Å². The first-order chi connectivity index (χ1) is 14.3. The van der Waals surface area contributed by atoms with Gasteiger partial charge in [0.15, 0.2) is 0 Å². The number of H-pyrrole nitrogens is 1. The monoisotopic (exact) mass is 389 g/mol. The molecule has 0 bridgehead atoms. The van der Waals surface area contributed by atoms with Gasteiger partial charge in [-0.1, -0.05) is 24.3 Å². The Kier molecular flexibility index (Phi) is 5.25. The fourth-order valence-corrected chi connectivity index (χ4v) is 4.95. The molecule has 1 aromatic heterocycles. The Balaban J connectivity index is 1.27. The van der Waals surface area contributed by atoms with Gasteiger partial charge in [-0.3, -0.25) is 4.90 Å². The molecule has 2 aromatic carbocycles. The summed E-state index contributed by atoms with van der Waals surface area (Å²) >= 11 is 0. The van der Waals surface area contributed by atoms with E-state index in [1.807, 2.05) is 12.1 Å². The highest BCUT2D eigenvalue weighted by atomic mass is 15.3. The number of piperidine rings is 1. The first-order valence-corrected chi connectivity index (χ1v) is 11.0. The number of anilines is 1. The summed E-state index contributed by atoms with van der Waals surface area (Å²) in [7, 11) is 0. The topological polar surface area (TPSA) is 47.2 Å². The molecule has 0 aliphatic carbocycles. The molecule has 3 aromatic rings. The summed E-state index contributed by atoms with van der Waals surface area (Å²) in [5, 5.41) is 3.49. The molecule has 5 nitrogen and oxygen atoms in total. The van der Waals surface area contributed by atoms with Crippen LogP contribution < -0.4 is 10.2 Å². The zero-order chi connectivity index (χ0) is 19.6. The lowest BCUT2D eigenvalue weighted by Gasteiger charge is -2.42. The average Bonchev–Trinajstić information content (AvgIpc) is 3.24. The molecule has 2 N–H and O–H groups in total. The Hall–Kier alpha value is -2.37. The van der Waals surface area contributed by atoms with Gasteiger partial charge in [-0.2, -0.15) is 0 Å². The fraction of sp³-hybridized carbons (Fsp3) is 0.458. The molecule has 152 valence electrons. The molecule has 3 heterocycles. The van der Waals surface area contributed by atoms with Crippen LogP contribution in [0.1, 0.15) is 19.8 Å². The van der Waals surface area contributed by atoms with E-state index in [-0.39, 0.29) is 0 Å². The Morgan fingerprint density at radius 1 is 0.966 bits per heavy atom. The van der Waals surface area contributed by atoms with E-state index in [1.54, 1.807) is 0 Å². The number of para-hydroxylation sites is 2. The molecule has 2 aliphatic rings. The predicted molar refractivity (Wildman–Crippen MR) is 120 cm³/mol. The van der Waals surface area contributed by atoms with Crippen LogP contribution in [0, 0.1) is 5.92 Å². The van der Waals surface area contributed by atoms with Crippen LogP contribution in [-0.2, 0) is 0 Å². The minimum absolute atomic E-state index is 0.695. The van der Waals surface area contributed by atoms with Crippen molar-refractivity contribution in [1.82, 2.24) is 20.2 Å². The highest BCUT2D eigenvalue weighted by Gasteiger charge is 2.28. The summed E-state index contributed by atoms with van der Waals surface area (Å²) in [6.45, 7) is 9.30. The van der Waals surface area contributed by atoms with Crippen molar-refractivity contribution in [2.24, 2.45) is 5.92 Å². The van der Waals surface area contributed by atoms with E-state index in [0.29, 0.717) is 6.04 Å². The molecule has 29 heavy (non-hydrogen) atoms. The number of imidazole rings is 1. The number of rotatable bonds is 4. The van der Waals surface area contributed by atoms with E-state index in [0.717, 1.165) is 54.5 Å². The summed E-state index contributed by atoms with van der Waals surface area (Å²) in [4.78, 5) is 13.5. The maximum Gasteiger partial charge on any atom is 0.138 e. The van der Waals surface area contributed by atoms with Crippen molar-refractivity contribution in [2.45, 2.75) is 25.8 Å². The van der Waals surface area contributed by atoms with Crippen molar-refractivity contribution in [1.29, 1.82) is 0 Å². The lowest BCUT2D eigenvalue weighted by Crippen LogP contribution is -2.52. The number of hydrogen-bond donors (Lipinski definition) is 2. The number of hydrogen-bond acceptors (Lipinski definition) is 4. The van der Waals surface area contributed by atoms with Gasteiger partial charge in [-0.15, -0.1) is 0 Å². The van der Waals surface area contributed by atoms with E-state index >= 15 is 0 Å². The Morgan fingerprint density at radius 2 is 1.76 bits per heavy atom. The van der Waals surface area contributed by atoms with Gasteiger partial charge in [0.05, 0.1) is 11.0 Å². The maximum absolute atomic E-state index is 4.77. The second-order valence-corrected chi connectivity index (χ2v) is 8.50. The quantitative estimate of drug-likeness (QED) is 0.714. The van der Waals surface area contributed by atoms with E-state index in [9.17, 15) is 0 Å². The van der Waals surface area contributed by atoms with Gasteiger partial charge in [0.1, 0.15) is 5.82 Å². The first-order valence-electron chi connectivity index (χ1n) is 11.0. The van der Waals surface area contributed by atoms with Crippen molar-refractivity contribution in [2.75, 3.05) is 44.2 Å². The third-order valence-corrected chi connectivity index (χ3v) is 6.83. The Bertz CT molecular complexity index is 918. The molecule has 0 saturated carbocycles. The lowest BCUT2D eigenvalue weighted by atomic mass is 9.90. The van der Waals surface area contributed by atoms with E-state index in [1.165, 1.54) is 31.6 Å². The van der Waals surface area contributed by atoms with Gasteiger partial charge >= 0.3 is 0 Å².